The van der Waals surface area contributed by atoms with Crippen molar-refractivity contribution < 1.29 is 4.79 Å². The topological polar surface area (TPSA) is 41.1 Å². The standard InChI is InChI=1S/C12H16N2O/c1-8-7-11(8)14-12(15)9-5-3-4-6-10(9)13-2/h3-6,8,11,13H,7H2,1-2H3,(H,14,15). The second-order valence-electron chi connectivity index (χ2n) is 4.09. The van der Waals surface area contributed by atoms with E-state index in [0.29, 0.717) is 12.0 Å². The number of rotatable bonds is 3. The lowest BCUT2D eigenvalue weighted by atomic mass is 10.1. The van der Waals surface area contributed by atoms with Crippen LogP contribution in [0.3, 0.4) is 0 Å². The summed E-state index contributed by atoms with van der Waals surface area (Å²) in [6, 6.07) is 7.93. The Bertz CT molecular complexity index is 376. The van der Waals surface area contributed by atoms with Crippen molar-refractivity contribution in [3.05, 3.63) is 29.8 Å². The third kappa shape index (κ3) is 2.12. The molecule has 80 valence electrons. The van der Waals surface area contributed by atoms with Crippen LogP contribution in [0, 0.1) is 5.92 Å². The first kappa shape index (κ1) is 10.0. The van der Waals surface area contributed by atoms with Crippen molar-refractivity contribution in [2.24, 2.45) is 5.92 Å². The van der Waals surface area contributed by atoms with Gasteiger partial charge in [-0.15, -0.1) is 0 Å². The first-order chi connectivity index (χ1) is 7.22. The number of amides is 1. The molecule has 1 fully saturated rings. The third-order valence-electron chi connectivity index (χ3n) is 2.87. The molecule has 0 bridgehead atoms. The largest absolute Gasteiger partial charge is 0.387 e. The highest BCUT2D eigenvalue weighted by Gasteiger charge is 2.34. The lowest BCUT2D eigenvalue weighted by molar-refractivity contribution is 0.0950. The van der Waals surface area contributed by atoms with Gasteiger partial charge in [-0.1, -0.05) is 19.1 Å². The minimum Gasteiger partial charge on any atom is -0.387 e. The maximum atomic E-state index is 11.9. The molecule has 3 nitrogen and oxygen atoms in total. The zero-order valence-electron chi connectivity index (χ0n) is 9.08. The SMILES string of the molecule is CNc1ccccc1C(=O)NC1CC1C. The van der Waals surface area contributed by atoms with Gasteiger partial charge in [0.2, 0.25) is 0 Å². The third-order valence-corrected chi connectivity index (χ3v) is 2.87. The van der Waals surface area contributed by atoms with E-state index in [1.165, 1.54) is 0 Å². The molecule has 3 heteroatoms. The average molecular weight is 204 g/mol. The molecule has 1 aromatic carbocycles. The molecule has 2 atom stereocenters. The zero-order chi connectivity index (χ0) is 10.8. The molecule has 2 rings (SSSR count). The van der Waals surface area contributed by atoms with Crippen LogP contribution in [-0.4, -0.2) is 19.0 Å². The predicted molar refractivity (Wildman–Crippen MR) is 61.0 cm³/mol. The van der Waals surface area contributed by atoms with Crippen molar-refractivity contribution in [2.75, 3.05) is 12.4 Å². The van der Waals surface area contributed by atoms with Crippen LogP contribution in [0.1, 0.15) is 23.7 Å². The average Bonchev–Trinajstić information content (AvgIpc) is 2.94. The Morgan fingerprint density at radius 2 is 2.07 bits per heavy atom. The van der Waals surface area contributed by atoms with E-state index in [4.69, 9.17) is 0 Å². The van der Waals surface area contributed by atoms with Gasteiger partial charge in [0.05, 0.1) is 5.56 Å². The van der Waals surface area contributed by atoms with E-state index >= 15 is 0 Å². The molecule has 0 saturated heterocycles. The predicted octanol–water partition coefficient (Wildman–Crippen LogP) is 1.87. The van der Waals surface area contributed by atoms with E-state index in [1.54, 1.807) is 0 Å². The fourth-order valence-electron chi connectivity index (χ4n) is 1.67. The Balaban J connectivity index is 2.10. The van der Waals surface area contributed by atoms with Gasteiger partial charge in [-0.25, -0.2) is 0 Å². The molecule has 0 aliphatic heterocycles. The van der Waals surface area contributed by atoms with Gasteiger partial charge in [0.15, 0.2) is 0 Å². The Morgan fingerprint density at radius 3 is 2.67 bits per heavy atom. The summed E-state index contributed by atoms with van der Waals surface area (Å²) in [5, 5.41) is 6.04. The first-order valence-corrected chi connectivity index (χ1v) is 5.30. The maximum Gasteiger partial charge on any atom is 0.253 e. The van der Waals surface area contributed by atoms with E-state index in [1.807, 2.05) is 31.3 Å². The molecule has 15 heavy (non-hydrogen) atoms. The molecule has 2 N–H and O–H groups in total. The highest BCUT2D eigenvalue weighted by atomic mass is 16.1. The molecular formula is C12H16N2O. The first-order valence-electron chi connectivity index (χ1n) is 5.30. The smallest absolute Gasteiger partial charge is 0.253 e. The number of carbonyl (C=O) groups excluding carboxylic acids is 1. The summed E-state index contributed by atoms with van der Waals surface area (Å²) < 4.78 is 0. The fraction of sp³-hybridized carbons (Fsp3) is 0.417. The summed E-state index contributed by atoms with van der Waals surface area (Å²) >= 11 is 0. The molecule has 0 aromatic heterocycles. The number of carbonyl (C=O) groups is 1. The van der Waals surface area contributed by atoms with Crippen LogP contribution in [0.5, 0.6) is 0 Å². The van der Waals surface area contributed by atoms with Crippen LogP contribution in [-0.2, 0) is 0 Å². The van der Waals surface area contributed by atoms with Crippen molar-refractivity contribution in [1.29, 1.82) is 0 Å². The second kappa shape index (κ2) is 3.93. The number of benzene rings is 1. The highest BCUT2D eigenvalue weighted by molar-refractivity contribution is 5.99. The van der Waals surface area contributed by atoms with Crippen molar-refractivity contribution in [3.8, 4) is 0 Å². The van der Waals surface area contributed by atoms with Gasteiger partial charge in [0, 0.05) is 18.8 Å². The summed E-state index contributed by atoms with van der Waals surface area (Å²) in [4.78, 5) is 11.9. The molecule has 1 saturated carbocycles. The minimum atomic E-state index is 0.0225. The zero-order valence-corrected chi connectivity index (χ0v) is 9.08. The number of hydrogen-bond donors (Lipinski definition) is 2. The molecule has 0 spiro atoms. The Hall–Kier alpha value is -1.51. The molecule has 2 unspecified atom stereocenters. The molecule has 1 aliphatic carbocycles. The Labute approximate surface area is 89.9 Å². The van der Waals surface area contributed by atoms with Gasteiger partial charge in [-0.3, -0.25) is 4.79 Å². The summed E-state index contributed by atoms with van der Waals surface area (Å²) in [6.45, 7) is 2.15. The quantitative estimate of drug-likeness (QED) is 0.789. The minimum absolute atomic E-state index is 0.0225. The molecule has 0 heterocycles. The van der Waals surface area contributed by atoms with Crippen LogP contribution in [0.2, 0.25) is 0 Å². The molecule has 1 aliphatic rings. The van der Waals surface area contributed by atoms with Crippen LogP contribution in [0.25, 0.3) is 0 Å². The highest BCUT2D eigenvalue weighted by Crippen LogP contribution is 2.29. The lowest BCUT2D eigenvalue weighted by Gasteiger charge is -2.08. The van der Waals surface area contributed by atoms with Gasteiger partial charge >= 0.3 is 0 Å². The Morgan fingerprint density at radius 1 is 1.40 bits per heavy atom. The molecule has 1 amide bonds. The van der Waals surface area contributed by atoms with Crippen LogP contribution < -0.4 is 10.6 Å². The monoisotopic (exact) mass is 204 g/mol. The van der Waals surface area contributed by atoms with Crippen LogP contribution >= 0.6 is 0 Å². The van der Waals surface area contributed by atoms with E-state index in [2.05, 4.69) is 17.6 Å². The van der Waals surface area contributed by atoms with E-state index < -0.39 is 0 Å². The summed E-state index contributed by atoms with van der Waals surface area (Å²) in [6.07, 6.45) is 1.10. The van der Waals surface area contributed by atoms with E-state index in [9.17, 15) is 4.79 Å². The van der Waals surface area contributed by atoms with Gasteiger partial charge in [0.1, 0.15) is 0 Å². The van der Waals surface area contributed by atoms with E-state index in [0.717, 1.165) is 17.7 Å². The van der Waals surface area contributed by atoms with Crippen molar-refractivity contribution >= 4 is 11.6 Å². The molecule has 0 radical (unpaired) electrons. The molecule has 1 aromatic rings. The van der Waals surface area contributed by atoms with Gasteiger partial charge in [0.25, 0.3) is 5.91 Å². The maximum absolute atomic E-state index is 11.9. The number of nitrogens with one attached hydrogen (secondary N) is 2. The summed E-state index contributed by atoms with van der Waals surface area (Å²) in [5.74, 6) is 0.657. The van der Waals surface area contributed by atoms with Crippen LogP contribution in [0.15, 0.2) is 24.3 Å². The lowest BCUT2D eigenvalue weighted by Crippen LogP contribution is -2.27. The number of para-hydroxylation sites is 1. The number of anilines is 1. The van der Waals surface area contributed by atoms with Crippen molar-refractivity contribution in [3.63, 3.8) is 0 Å². The summed E-state index contributed by atoms with van der Waals surface area (Å²) in [5.41, 5.74) is 1.60. The second-order valence-corrected chi connectivity index (χ2v) is 4.09. The molecular weight excluding hydrogens is 188 g/mol. The van der Waals surface area contributed by atoms with Crippen molar-refractivity contribution in [1.82, 2.24) is 5.32 Å². The van der Waals surface area contributed by atoms with Crippen LogP contribution in [0.4, 0.5) is 5.69 Å². The van der Waals surface area contributed by atoms with Gasteiger partial charge < -0.3 is 10.6 Å². The van der Waals surface area contributed by atoms with E-state index in [-0.39, 0.29) is 5.91 Å². The number of hydrogen-bond acceptors (Lipinski definition) is 2. The van der Waals surface area contributed by atoms with Gasteiger partial charge in [-0.05, 0) is 24.5 Å². The van der Waals surface area contributed by atoms with Crippen molar-refractivity contribution in [2.45, 2.75) is 19.4 Å². The normalized spacial score (nSPS) is 23.3. The van der Waals surface area contributed by atoms with Gasteiger partial charge in [-0.2, -0.15) is 0 Å². The summed E-state index contributed by atoms with van der Waals surface area (Å²) in [7, 11) is 1.83. The Kier molecular flexibility index (Phi) is 2.62. The fourth-order valence-corrected chi connectivity index (χ4v) is 1.67.